The number of hydrogen-bond acceptors (Lipinski definition) is 4. The van der Waals surface area contributed by atoms with Crippen molar-refractivity contribution in [2.75, 3.05) is 0 Å². The van der Waals surface area contributed by atoms with Gasteiger partial charge < -0.3 is 0 Å². The maximum atomic E-state index is 5.95. The molecule has 0 saturated heterocycles. The fraction of sp³-hybridized carbons (Fsp3) is 0.0769. The lowest BCUT2D eigenvalue weighted by atomic mass is 10.2. The third-order valence-electron chi connectivity index (χ3n) is 2.45. The van der Waals surface area contributed by atoms with Crippen LogP contribution in [-0.2, 0) is 0 Å². The maximum Gasteiger partial charge on any atom is 0.224 e. The summed E-state index contributed by atoms with van der Waals surface area (Å²) in [4.78, 5) is 9.70. The molecule has 0 spiro atoms. The van der Waals surface area contributed by atoms with E-state index in [1.54, 1.807) is 23.1 Å². The maximum absolute atomic E-state index is 5.95. The normalized spacial score (nSPS) is 11.0. The Morgan fingerprint density at radius 3 is 2.94 bits per heavy atom. The fourth-order valence-corrected chi connectivity index (χ4v) is 3.82. The Hall–Kier alpha value is -1.10. The second-order valence-corrected chi connectivity index (χ2v) is 6.17. The van der Waals surface area contributed by atoms with Gasteiger partial charge in [0.15, 0.2) is 0 Å². The van der Waals surface area contributed by atoms with Crippen molar-refractivity contribution in [3.63, 3.8) is 0 Å². The molecule has 5 heteroatoms. The second-order valence-electron chi connectivity index (χ2n) is 3.85. The van der Waals surface area contributed by atoms with E-state index in [2.05, 4.69) is 35.1 Å². The van der Waals surface area contributed by atoms with Crippen molar-refractivity contribution in [1.82, 2.24) is 9.97 Å². The molecule has 90 valence electrons. The summed E-state index contributed by atoms with van der Waals surface area (Å²) in [6.07, 6.45) is 0. The van der Waals surface area contributed by atoms with E-state index in [0.717, 1.165) is 15.2 Å². The summed E-state index contributed by atoms with van der Waals surface area (Å²) in [5, 5.41) is 3.23. The topological polar surface area (TPSA) is 25.8 Å². The first kappa shape index (κ1) is 12.0. The van der Waals surface area contributed by atoms with Crippen LogP contribution < -0.4 is 0 Å². The van der Waals surface area contributed by atoms with Crippen LogP contribution in [0.1, 0.15) is 5.56 Å². The predicted octanol–water partition coefficient (Wildman–Crippen LogP) is 4.80. The van der Waals surface area contributed by atoms with E-state index >= 15 is 0 Å². The van der Waals surface area contributed by atoms with Gasteiger partial charge in [-0.3, -0.25) is 0 Å². The largest absolute Gasteiger partial charge is 0.224 e. The fourth-order valence-electron chi connectivity index (χ4n) is 1.67. The number of rotatable bonds is 2. The van der Waals surface area contributed by atoms with Crippen molar-refractivity contribution in [3.8, 4) is 0 Å². The molecule has 0 aliphatic carbocycles. The molecule has 2 aromatic heterocycles. The van der Waals surface area contributed by atoms with Gasteiger partial charge in [-0.25, -0.2) is 9.97 Å². The first-order chi connectivity index (χ1) is 8.72. The lowest BCUT2D eigenvalue weighted by Gasteiger charge is -2.03. The number of fused-ring (bicyclic) bond motifs is 1. The molecule has 0 N–H and O–H groups in total. The van der Waals surface area contributed by atoms with E-state index in [1.807, 2.05) is 17.5 Å². The average Bonchev–Trinajstić information content (AvgIpc) is 2.77. The number of nitrogens with zero attached hydrogens (tertiary/aromatic N) is 2. The van der Waals surface area contributed by atoms with Crippen LogP contribution in [0.15, 0.2) is 45.6 Å². The van der Waals surface area contributed by atoms with Crippen molar-refractivity contribution >= 4 is 44.9 Å². The predicted molar refractivity (Wildman–Crippen MR) is 77.7 cm³/mol. The average molecular weight is 293 g/mol. The molecule has 0 aliphatic rings. The van der Waals surface area contributed by atoms with E-state index in [0.29, 0.717) is 5.28 Å². The molecule has 18 heavy (non-hydrogen) atoms. The van der Waals surface area contributed by atoms with Crippen LogP contribution in [0.3, 0.4) is 0 Å². The molecular formula is C13H9ClN2S2. The summed E-state index contributed by atoms with van der Waals surface area (Å²) in [6.45, 7) is 2.08. The highest BCUT2D eigenvalue weighted by Gasteiger charge is 2.09. The molecule has 3 aromatic rings. The van der Waals surface area contributed by atoms with Crippen molar-refractivity contribution in [2.45, 2.75) is 16.8 Å². The van der Waals surface area contributed by atoms with Crippen LogP contribution >= 0.6 is 34.7 Å². The summed E-state index contributed by atoms with van der Waals surface area (Å²) < 4.78 is 1.09. The standard InChI is InChI=1S/C13H9ClN2S2/c1-8-3-2-4-9(7-8)18-12-11-10(5-6-17-11)15-13(14)16-12/h2-7H,1H3. The van der Waals surface area contributed by atoms with E-state index in [1.165, 1.54) is 10.5 Å². The molecule has 2 heterocycles. The smallest absolute Gasteiger partial charge is 0.217 e. The van der Waals surface area contributed by atoms with E-state index in [4.69, 9.17) is 11.6 Å². The molecule has 0 atom stereocenters. The Labute approximate surface area is 118 Å². The number of hydrogen-bond donors (Lipinski definition) is 0. The first-order valence-corrected chi connectivity index (χ1v) is 7.45. The summed E-state index contributed by atoms with van der Waals surface area (Å²) in [7, 11) is 0. The minimum absolute atomic E-state index is 0.302. The van der Waals surface area contributed by atoms with E-state index in [-0.39, 0.29) is 0 Å². The van der Waals surface area contributed by atoms with Crippen LogP contribution in [0.5, 0.6) is 0 Å². The zero-order chi connectivity index (χ0) is 12.5. The molecule has 0 fully saturated rings. The van der Waals surface area contributed by atoms with Gasteiger partial charge in [-0.05, 0) is 42.1 Å². The van der Waals surface area contributed by atoms with Crippen molar-refractivity contribution in [2.24, 2.45) is 0 Å². The minimum Gasteiger partial charge on any atom is -0.217 e. The third-order valence-corrected chi connectivity index (χ3v) is 4.64. The van der Waals surface area contributed by atoms with Gasteiger partial charge in [-0.15, -0.1) is 11.3 Å². The Bertz CT molecular complexity index is 709. The lowest BCUT2D eigenvalue weighted by molar-refractivity contribution is 1.11. The minimum atomic E-state index is 0.302. The lowest BCUT2D eigenvalue weighted by Crippen LogP contribution is -1.86. The van der Waals surface area contributed by atoms with Gasteiger partial charge in [-0.1, -0.05) is 29.5 Å². The Kier molecular flexibility index (Phi) is 3.24. The second kappa shape index (κ2) is 4.88. The Morgan fingerprint density at radius 1 is 1.22 bits per heavy atom. The van der Waals surface area contributed by atoms with Crippen molar-refractivity contribution in [1.29, 1.82) is 0 Å². The molecule has 0 radical (unpaired) electrons. The highest BCUT2D eigenvalue weighted by atomic mass is 35.5. The third kappa shape index (κ3) is 2.36. The molecular weight excluding hydrogens is 284 g/mol. The van der Waals surface area contributed by atoms with Crippen LogP contribution in [0.2, 0.25) is 5.28 Å². The van der Waals surface area contributed by atoms with E-state index < -0.39 is 0 Å². The van der Waals surface area contributed by atoms with Crippen molar-refractivity contribution < 1.29 is 0 Å². The van der Waals surface area contributed by atoms with Crippen molar-refractivity contribution in [3.05, 3.63) is 46.6 Å². The zero-order valence-electron chi connectivity index (χ0n) is 9.55. The van der Waals surface area contributed by atoms with Crippen LogP contribution in [0.4, 0.5) is 0 Å². The number of aromatic nitrogens is 2. The Morgan fingerprint density at radius 2 is 2.11 bits per heavy atom. The molecule has 0 bridgehead atoms. The zero-order valence-corrected chi connectivity index (χ0v) is 11.9. The molecule has 3 rings (SSSR count). The number of thiophene rings is 1. The molecule has 0 unspecified atom stereocenters. The van der Waals surface area contributed by atoms with Crippen LogP contribution in [0, 0.1) is 6.92 Å². The molecule has 1 aromatic carbocycles. The highest BCUT2D eigenvalue weighted by molar-refractivity contribution is 7.99. The van der Waals surface area contributed by atoms with E-state index in [9.17, 15) is 0 Å². The summed E-state index contributed by atoms with van der Waals surface area (Å²) in [6, 6.07) is 10.3. The number of benzene rings is 1. The molecule has 0 amide bonds. The molecule has 0 saturated carbocycles. The van der Waals surface area contributed by atoms with Gasteiger partial charge in [0.25, 0.3) is 0 Å². The Balaban J connectivity index is 2.06. The molecule has 0 aliphatic heterocycles. The summed E-state index contributed by atoms with van der Waals surface area (Å²) in [5.41, 5.74) is 2.15. The number of aryl methyl sites for hydroxylation is 1. The highest BCUT2D eigenvalue weighted by Crippen LogP contribution is 2.35. The van der Waals surface area contributed by atoms with Gasteiger partial charge in [0.1, 0.15) is 5.03 Å². The van der Waals surface area contributed by atoms with Gasteiger partial charge >= 0.3 is 0 Å². The SMILES string of the molecule is Cc1cccc(Sc2nc(Cl)nc3ccsc23)c1. The van der Waals surface area contributed by atoms with Gasteiger partial charge in [0.05, 0.1) is 10.2 Å². The van der Waals surface area contributed by atoms with Gasteiger partial charge in [-0.2, -0.15) is 0 Å². The summed E-state index contributed by atoms with van der Waals surface area (Å²) in [5.74, 6) is 0. The first-order valence-electron chi connectivity index (χ1n) is 5.37. The van der Waals surface area contributed by atoms with Crippen LogP contribution in [-0.4, -0.2) is 9.97 Å². The number of halogens is 1. The monoisotopic (exact) mass is 292 g/mol. The molecule has 2 nitrogen and oxygen atoms in total. The summed E-state index contributed by atoms with van der Waals surface area (Å²) >= 11 is 9.21. The van der Waals surface area contributed by atoms with Gasteiger partial charge in [0.2, 0.25) is 5.28 Å². The quantitative estimate of drug-likeness (QED) is 0.501. The van der Waals surface area contributed by atoms with Gasteiger partial charge in [0, 0.05) is 4.90 Å². The van der Waals surface area contributed by atoms with Crippen LogP contribution in [0.25, 0.3) is 10.2 Å².